The highest BCUT2D eigenvalue weighted by atomic mass is 35.5. The predicted molar refractivity (Wildman–Crippen MR) is 97.9 cm³/mol. The Hall–Kier alpha value is -2.10. The highest BCUT2D eigenvalue weighted by Gasteiger charge is 2.36. The van der Waals surface area contributed by atoms with Crippen LogP contribution in [0.3, 0.4) is 0 Å². The number of nitrogens with one attached hydrogen (secondary N) is 1. The molecule has 0 radical (unpaired) electrons. The van der Waals surface area contributed by atoms with Crippen molar-refractivity contribution in [3.63, 3.8) is 0 Å². The second-order valence-corrected chi connectivity index (χ2v) is 7.05. The van der Waals surface area contributed by atoms with Crippen LogP contribution in [0, 0.1) is 11.3 Å². The third-order valence-electron chi connectivity index (χ3n) is 3.20. The number of nitriles is 1. The Labute approximate surface area is 174 Å². The van der Waals surface area contributed by atoms with E-state index in [2.05, 4.69) is 15.4 Å². The largest absolute Gasteiger partial charge is 0.446 e. The number of benzene rings is 1. The van der Waals surface area contributed by atoms with Crippen molar-refractivity contribution >= 4 is 47.1 Å². The first-order chi connectivity index (χ1) is 13.4. The Morgan fingerprint density at radius 2 is 1.83 bits per heavy atom. The maximum Gasteiger partial charge on any atom is 0.446 e. The maximum atomic E-state index is 13.0. The number of nitrogens with zero attached hydrogens (tertiary/aromatic N) is 4. The lowest BCUT2D eigenvalue weighted by Gasteiger charge is -2.15. The molecule has 0 amide bonds. The van der Waals surface area contributed by atoms with Crippen LogP contribution < -0.4 is 5.32 Å². The van der Waals surface area contributed by atoms with Crippen molar-refractivity contribution in [1.82, 2.24) is 9.78 Å². The van der Waals surface area contributed by atoms with Crippen LogP contribution in [0.25, 0.3) is 5.69 Å². The Balaban J connectivity index is 2.75. The number of hydrogen-bond donors (Lipinski definition) is 1. The molecule has 1 N–H and O–H groups in total. The van der Waals surface area contributed by atoms with Gasteiger partial charge in [-0.05, 0) is 30.8 Å². The van der Waals surface area contributed by atoms with Crippen LogP contribution in [0.4, 0.5) is 32.2 Å². The van der Waals surface area contributed by atoms with Crippen LogP contribution in [-0.4, -0.2) is 28.2 Å². The van der Waals surface area contributed by atoms with Crippen LogP contribution in [0.5, 0.6) is 0 Å². The normalized spacial score (nSPS) is 12.4. The standard InChI is InChI=1S/C15H9Cl2F6N5S/c1-2-25-6-26-13-12(29-15(21,22)23)10(5-24)27-28(13)11-8(16)3-7(4-9(11)17)14(18,19)20/h3-4,6H,2H2,1H3,(H,25,26). The topological polar surface area (TPSA) is 66.0 Å². The van der Waals surface area contributed by atoms with Crippen molar-refractivity contribution < 1.29 is 26.3 Å². The Morgan fingerprint density at radius 3 is 2.28 bits per heavy atom. The zero-order valence-electron chi connectivity index (χ0n) is 14.2. The van der Waals surface area contributed by atoms with Gasteiger partial charge in [0.15, 0.2) is 11.5 Å². The number of rotatable bonds is 5. The molecule has 2 aromatic rings. The molecule has 0 saturated heterocycles. The number of thioether (sulfide) groups is 1. The van der Waals surface area contributed by atoms with E-state index in [0.29, 0.717) is 12.1 Å². The molecule has 0 atom stereocenters. The second-order valence-electron chi connectivity index (χ2n) is 5.16. The van der Waals surface area contributed by atoms with Crippen LogP contribution in [0.15, 0.2) is 22.0 Å². The summed E-state index contributed by atoms with van der Waals surface area (Å²) < 4.78 is 78.4. The summed E-state index contributed by atoms with van der Waals surface area (Å²) in [5.74, 6) is -0.385. The molecule has 2 rings (SSSR count). The van der Waals surface area contributed by atoms with E-state index in [9.17, 15) is 31.6 Å². The summed E-state index contributed by atoms with van der Waals surface area (Å²) >= 11 is 11.2. The molecule has 1 aromatic heterocycles. The molecule has 5 nitrogen and oxygen atoms in total. The lowest BCUT2D eigenvalue weighted by atomic mass is 10.2. The van der Waals surface area contributed by atoms with E-state index >= 15 is 0 Å². The maximum absolute atomic E-state index is 13.0. The number of aromatic nitrogens is 2. The van der Waals surface area contributed by atoms with E-state index in [4.69, 9.17) is 23.2 Å². The van der Waals surface area contributed by atoms with Crippen LogP contribution in [-0.2, 0) is 6.18 Å². The number of alkyl halides is 6. The monoisotopic (exact) mass is 475 g/mol. The number of halogens is 8. The van der Waals surface area contributed by atoms with Gasteiger partial charge in [0.2, 0.25) is 0 Å². The fraction of sp³-hybridized carbons (Fsp3) is 0.267. The van der Waals surface area contributed by atoms with Crippen molar-refractivity contribution in [2.75, 3.05) is 11.9 Å². The van der Waals surface area contributed by atoms with Gasteiger partial charge in [0.05, 0.1) is 26.8 Å². The Morgan fingerprint density at radius 1 is 1.24 bits per heavy atom. The van der Waals surface area contributed by atoms with Gasteiger partial charge in [-0.25, -0.2) is 4.68 Å². The average molecular weight is 476 g/mol. The van der Waals surface area contributed by atoms with Gasteiger partial charge in [-0.15, -0.1) is 0 Å². The van der Waals surface area contributed by atoms with Gasteiger partial charge in [-0.2, -0.15) is 36.7 Å². The number of anilines is 1. The van der Waals surface area contributed by atoms with E-state index in [0.717, 1.165) is 11.0 Å². The molecule has 1 aromatic carbocycles. The molecule has 0 spiro atoms. The molecule has 156 valence electrons. The minimum absolute atomic E-state index is 0.287. The number of aliphatic imine (C=N–C) groups is 1. The van der Waals surface area contributed by atoms with Crippen molar-refractivity contribution in [3.8, 4) is 11.8 Å². The fourth-order valence-electron chi connectivity index (χ4n) is 2.11. The molecule has 0 aliphatic carbocycles. The summed E-state index contributed by atoms with van der Waals surface area (Å²) in [6, 6.07) is 2.62. The minimum atomic E-state index is -4.77. The van der Waals surface area contributed by atoms with Crippen molar-refractivity contribution in [3.05, 3.63) is 33.4 Å². The first-order valence-corrected chi connectivity index (χ1v) is 9.06. The van der Waals surface area contributed by atoms with Crippen molar-refractivity contribution in [2.45, 2.75) is 23.5 Å². The van der Waals surface area contributed by atoms with E-state index in [1.165, 1.54) is 6.07 Å². The molecule has 1 heterocycles. The third kappa shape index (κ3) is 5.49. The quantitative estimate of drug-likeness (QED) is 0.244. The molecular weight excluding hydrogens is 467 g/mol. The third-order valence-corrected chi connectivity index (χ3v) is 4.60. The molecule has 29 heavy (non-hydrogen) atoms. The Bertz CT molecular complexity index is 954. The summed E-state index contributed by atoms with van der Waals surface area (Å²) in [4.78, 5) is 3.18. The summed E-state index contributed by atoms with van der Waals surface area (Å²) in [5.41, 5.74) is -6.90. The second kappa shape index (κ2) is 8.73. The van der Waals surface area contributed by atoms with Gasteiger partial charge in [-0.1, -0.05) is 23.2 Å². The van der Waals surface area contributed by atoms with E-state index in [1.54, 1.807) is 6.92 Å². The lowest BCUT2D eigenvalue weighted by Crippen LogP contribution is -2.10. The number of hydrogen-bond acceptors (Lipinski definition) is 4. The van der Waals surface area contributed by atoms with E-state index in [-0.39, 0.29) is 18.1 Å². The zero-order chi connectivity index (χ0) is 22.0. The van der Waals surface area contributed by atoms with Gasteiger partial charge in [0, 0.05) is 6.54 Å². The van der Waals surface area contributed by atoms with E-state index in [1.807, 2.05) is 0 Å². The van der Waals surface area contributed by atoms with E-state index < -0.39 is 49.6 Å². The van der Waals surface area contributed by atoms with Gasteiger partial charge < -0.3 is 5.32 Å². The molecule has 0 fully saturated rings. The zero-order valence-corrected chi connectivity index (χ0v) is 16.5. The molecule has 0 aliphatic rings. The van der Waals surface area contributed by atoms with Crippen LogP contribution in [0.2, 0.25) is 10.0 Å². The van der Waals surface area contributed by atoms with Crippen LogP contribution in [0.1, 0.15) is 18.2 Å². The molecule has 0 bridgehead atoms. The summed E-state index contributed by atoms with van der Waals surface area (Å²) in [7, 11) is 0. The van der Waals surface area contributed by atoms with Gasteiger partial charge in [0.25, 0.3) is 0 Å². The Kier molecular flexibility index (Phi) is 6.97. The van der Waals surface area contributed by atoms with Gasteiger partial charge in [0.1, 0.15) is 11.8 Å². The highest BCUT2D eigenvalue weighted by molar-refractivity contribution is 8.00. The SMILES string of the molecule is CCN=CNc1c(SC(F)(F)F)c(C#N)nn1-c1c(Cl)cc(C(F)(F)F)cc1Cl. The van der Waals surface area contributed by atoms with Crippen molar-refractivity contribution in [1.29, 1.82) is 5.26 Å². The minimum Gasteiger partial charge on any atom is -0.330 e. The van der Waals surface area contributed by atoms with Crippen molar-refractivity contribution in [2.24, 2.45) is 4.99 Å². The molecule has 14 heteroatoms. The fourth-order valence-corrected chi connectivity index (χ4v) is 3.41. The first kappa shape index (κ1) is 23.2. The van der Waals surface area contributed by atoms with Gasteiger partial charge >= 0.3 is 11.7 Å². The summed E-state index contributed by atoms with van der Waals surface area (Å²) in [6.45, 7) is 1.95. The smallest absolute Gasteiger partial charge is 0.330 e. The molecule has 0 saturated carbocycles. The molecule has 0 aliphatic heterocycles. The average Bonchev–Trinajstić information content (AvgIpc) is 2.89. The van der Waals surface area contributed by atoms with Crippen LogP contribution >= 0.6 is 35.0 Å². The van der Waals surface area contributed by atoms with Gasteiger partial charge in [-0.3, -0.25) is 4.99 Å². The predicted octanol–water partition coefficient (Wildman–Crippen LogP) is 6.14. The molecule has 0 unspecified atom stereocenters. The lowest BCUT2D eigenvalue weighted by molar-refractivity contribution is -0.137. The summed E-state index contributed by atoms with van der Waals surface area (Å²) in [5, 5.41) is 14.3. The first-order valence-electron chi connectivity index (χ1n) is 7.49. The summed E-state index contributed by atoms with van der Waals surface area (Å²) in [6.07, 6.45) is -3.69. The highest BCUT2D eigenvalue weighted by Crippen LogP contribution is 2.45. The molecular formula is C15H9Cl2F6N5S.